The summed E-state index contributed by atoms with van der Waals surface area (Å²) in [7, 11) is 1.81. The number of nitrogens with zero attached hydrogens (tertiary/aromatic N) is 1. The highest BCUT2D eigenvalue weighted by Gasteiger charge is 2.12. The van der Waals surface area contributed by atoms with Crippen molar-refractivity contribution in [2.75, 3.05) is 25.5 Å². The van der Waals surface area contributed by atoms with E-state index in [9.17, 15) is 9.59 Å². The molecule has 38 heavy (non-hydrogen) atoms. The average Bonchev–Trinajstić information content (AvgIpc) is 2.94. The number of amides is 2. The van der Waals surface area contributed by atoms with Crippen molar-refractivity contribution in [2.24, 2.45) is 0 Å². The fourth-order valence-electron chi connectivity index (χ4n) is 4.70. The topological polar surface area (TPSA) is 61.4 Å². The van der Waals surface area contributed by atoms with Crippen LogP contribution in [0.25, 0.3) is 0 Å². The molecule has 2 rings (SSSR count). The number of nitrogens with one attached hydrogen (secondary N) is 2. The summed E-state index contributed by atoms with van der Waals surface area (Å²) >= 11 is 0. The molecule has 5 nitrogen and oxygen atoms in total. The largest absolute Gasteiger partial charge is 0.376 e. The highest BCUT2D eigenvalue weighted by Crippen LogP contribution is 2.15. The van der Waals surface area contributed by atoms with Crippen LogP contribution in [0.5, 0.6) is 0 Å². The fraction of sp³-hybridized carbons (Fsp3) is 0.576. The molecule has 0 aromatic heterocycles. The third-order valence-corrected chi connectivity index (χ3v) is 7.02. The second-order valence-electron chi connectivity index (χ2n) is 10.5. The molecular formula is C33H51N3O2. The maximum atomic E-state index is 12.8. The van der Waals surface area contributed by atoms with Crippen LogP contribution in [0.4, 0.5) is 5.69 Å². The Morgan fingerprint density at radius 3 is 1.89 bits per heavy atom. The smallest absolute Gasteiger partial charge is 0.253 e. The van der Waals surface area contributed by atoms with Crippen molar-refractivity contribution in [1.29, 1.82) is 0 Å². The number of benzene rings is 2. The molecule has 2 N–H and O–H groups in total. The number of anilines is 1. The summed E-state index contributed by atoms with van der Waals surface area (Å²) in [5.74, 6) is -0.0580. The molecule has 0 aliphatic heterocycles. The van der Waals surface area contributed by atoms with E-state index in [-0.39, 0.29) is 18.4 Å². The molecule has 2 aromatic carbocycles. The molecule has 0 aliphatic carbocycles. The van der Waals surface area contributed by atoms with E-state index in [4.69, 9.17) is 0 Å². The van der Waals surface area contributed by atoms with Crippen LogP contribution in [0.2, 0.25) is 0 Å². The first kappa shape index (κ1) is 31.4. The van der Waals surface area contributed by atoms with Crippen LogP contribution in [0, 0.1) is 0 Å². The van der Waals surface area contributed by atoms with E-state index in [0.29, 0.717) is 12.1 Å². The summed E-state index contributed by atoms with van der Waals surface area (Å²) in [5, 5.41) is 6.15. The Morgan fingerprint density at radius 1 is 0.711 bits per heavy atom. The van der Waals surface area contributed by atoms with E-state index < -0.39 is 0 Å². The molecule has 0 spiro atoms. The Balaban J connectivity index is 1.49. The third-order valence-electron chi connectivity index (χ3n) is 7.02. The van der Waals surface area contributed by atoms with Gasteiger partial charge in [0.1, 0.15) is 0 Å². The van der Waals surface area contributed by atoms with Gasteiger partial charge in [-0.1, -0.05) is 127 Å². The summed E-state index contributed by atoms with van der Waals surface area (Å²) < 4.78 is 0. The SMILES string of the molecule is CCCCCCCCCCCCCCCCNC(=O)CNc1cccc(C(=O)N(C)Cc2ccccc2)c1. The van der Waals surface area contributed by atoms with Gasteiger partial charge in [-0.25, -0.2) is 0 Å². The minimum atomic E-state index is -0.0419. The summed E-state index contributed by atoms with van der Waals surface area (Å²) in [6.45, 7) is 3.76. The number of carbonyl (C=O) groups excluding carboxylic acids is 2. The van der Waals surface area contributed by atoms with Crippen molar-refractivity contribution < 1.29 is 9.59 Å². The third kappa shape index (κ3) is 14.2. The summed E-state index contributed by atoms with van der Waals surface area (Å²) in [6.07, 6.45) is 18.6. The van der Waals surface area contributed by atoms with Gasteiger partial charge in [-0.2, -0.15) is 0 Å². The van der Waals surface area contributed by atoms with E-state index >= 15 is 0 Å². The lowest BCUT2D eigenvalue weighted by atomic mass is 10.0. The molecule has 0 saturated carbocycles. The molecule has 2 amide bonds. The predicted octanol–water partition coefficient (Wildman–Crippen LogP) is 7.97. The van der Waals surface area contributed by atoms with E-state index in [1.807, 2.05) is 54.6 Å². The Bertz CT molecular complexity index is 900. The van der Waals surface area contributed by atoms with Crippen molar-refractivity contribution in [3.05, 3.63) is 65.7 Å². The highest BCUT2D eigenvalue weighted by atomic mass is 16.2. The molecule has 210 valence electrons. The fourth-order valence-corrected chi connectivity index (χ4v) is 4.70. The number of rotatable bonds is 21. The van der Waals surface area contributed by atoms with Gasteiger partial charge in [-0.15, -0.1) is 0 Å². The van der Waals surface area contributed by atoms with Gasteiger partial charge >= 0.3 is 0 Å². The molecule has 0 bridgehead atoms. The van der Waals surface area contributed by atoms with Gasteiger partial charge in [-0.05, 0) is 30.2 Å². The highest BCUT2D eigenvalue weighted by molar-refractivity contribution is 5.95. The van der Waals surface area contributed by atoms with E-state index in [2.05, 4.69) is 17.6 Å². The molecule has 0 atom stereocenters. The zero-order valence-electron chi connectivity index (χ0n) is 24.0. The number of carbonyl (C=O) groups is 2. The summed E-state index contributed by atoms with van der Waals surface area (Å²) in [4.78, 5) is 26.8. The zero-order valence-corrected chi connectivity index (χ0v) is 24.0. The lowest BCUT2D eigenvalue weighted by molar-refractivity contribution is -0.119. The van der Waals surface area contributed by atoms with Crippen LogP contribution in [0.1, 0.15) is 113 Å². The van der Waals surface area contributed by atoms with Crippen LogP contribution in [0.15, 0.2) is 54.6 Å². The average molecular weight is 522 g/mol. The van der Waals surface area contributed by atoms with Crippen molar-refractivity contribution in [2.45, 2.75) is 103 Å². The number of unbranched alkanes of at least 4 members (excludes halogenated alkanes) is 13. The second kappa shape index (κ2) is 20.2. The van der Waals surface area contributed by atoms with Gasteiger partial charge in [0.25, 0.3) is 5.91 Å². The molecule has 0 radical (unpaired) electrons. The first-order chi connectivity index (χ1) is 18.6. The lowest BCUT2D eigenvalue weighted by Crippen LogP contribution is -2.30. The van der Waals surface area contributed by atoms with Crippen molar-refractivity contribution in [3.8, 4) is 0 Å². The standard InChI is InChI=1S/C33H51N3O2/c1-3-4-5-6-7-8-9-10-11-12-13-14-15-19-25-34-32(37)27-35-31-24-20-23-30(26-31)33(38)36(2)28-29-21-17-16-18-22-29/h16-18,20-24,26,35H,3-15,19,25,27-28H2,1-2H3,(H,34,37). The predicted molar refractivity (Wildman–Crippen MR) is 160 cm³/mol. The molecule has 0 fully saturated rings. The Labute approximate surface area is 231 Å². The van der Waals surface area contributed by atoms with Crippen LogP contribution >= 0.6 is 0 Å². The summed E-state index contributed by atoms with van der Waals surface area (Å²) in [6, 6.07) is 17.3. The van der Waals surface area contributed by atoms with Gasteiger partial charge < -0.3 is 15.5 Å². The Kier molecular flexibility index (Phi) is 16.7. The minimum absolute atomic E-state index is 0.0161. The van der Waals surface area contributed by atoms with Gasteiger partial charge in [0.05, 0.1) is 6.54 Å². The van der Waals surface area contributed by atoms with Gasteiger partial charge in [0, 0.05) is 31.4 Å². The first-order valence-electron chi connectivity index (χ1n) is 15.0. The maximum Gasteiger partial charge on any atom is 0.253 e. The van der Waals surface area contributed by atoms with Gasteiger partial charge in [0.15, 0.2) is 0 Å². The van der Waals surface area contributed by atoms with Crippen molar-refractivity contribution in [1.82, 2.24) is 10.2 Å². The molecular weight excluding hydrogens is 470 g/mol. The monoisotopic (exact) mass is 521 g/mol. The first-order valence-corrected chi connectivity index (χ1v) is 15.0. The molecule has 5 heteroatoms. The number of hydrogen-bond acceptors (Lipinski definition) is 3. The van der Waals surface area contributed by atoms with E-state index in [0.717, 1.165) is 24.2 Å². The van der Waals surface area contributed by atoms with Gasteiger partial charge in [-0.3, -0.25) is 9.59 Å². The molecule has 0 unspecified atom stereocenters. The van der Waals surface area contributed by atoms with Crippen LogP contribution in [-0.2, 0) is 11.3 Å². The Morgan fingerprint density at radius 2 is 1.29 bits per heavy atom. The maximum absolute atomic E-state index is 12.8. The second-order valence-corrected chi connectivity index (χ2v) is 10.5. The minimum Gasteiger partial charge on any atom is -0.376 e. The van der Waals surface area contributed by atoms with Crippen LogP contribution in [0.3, 0.4) is 0 Å². The molecule has 2 aromatic rings. The molecule has 0 saturated heterocycles. The van der Waals surface area contributed by atoms with Crippen LogP contribution in [-0.4, -0.2) is 36.9 Å². The van der Waals surface area contributed by atoms with Gasteiger partial charge in [0.2, 0.25) is 5.91 Å². The molecule has 0 heterocycles. The van der Waals surface area contributed by atoms with Crippen molar-refractivity contribution >= 4 is 17.5 Å². The van der Waals surface area contributed by atoms with Crippen LogP contribution < -0.4 is 10.6 Å². The Hall–Kier alpha value is -2.82. The summed E-state index contributed by atoms with van der Waals surface area (Å²) in [5.41, 5.74) is 2.47. The zero-order chi connectivity index (χ0) is 27.3. The lowest BCUT2D eigenvalue weighted by Gasteiger charge is -2.18. The van der Waals surface area contributed by atoms with E-state index in [1.165, 1.54) is 83.5 Å². The quantitative estimate of drug-likeness (QED) is 0.164. The molecule has 0 aliphatic rings. The number of hydrogen-bond donors (Lipinski definition) is 2. The van der Waals surface area contributed by atoms with Crippen molar-refractivity contribution in [3.63, 3.8) is 0 Å². The van der Waals surface area contributed by atoms with E-state index in [1.54, 1.807) is 11.9 Å². The normalized spacial score (nSPS) is 10.8.